The van der Waals surface area contributed by atoms with E-state index in [0.717, 1.165) is 30.8 Å². The Balaban J connectivity index is 1.67. The number of thiophene rings is 1. The van der Waals surface area contributed by atoms with Gasteiger partial charge in [-0.1, -0.05) is 48.1 Å². The van der Waals surface area contributed by atoms with Crippen LogP contribution in [0, 0.1) is 5.92 Å². The van der Waals surface area contributed by atoms with Crippen LogP contribution in [-0.2, 0) is 4.79 Å². The molecule has 1 fully saturated rings. The number of hydrogen-bond donors (Lipinski definition) is 1. The van der Waals surface area contributed by atoms with E-state index in [1.807, 2.05) is 35.1 Å². The molecule has 4 rings (SSSR count). The standard InChI is InChI=1S/C20H21Cl3N4OS/c1-12-18(20(28)25-26-9-3-2-4-10-26)24-27(15-6-5-13(21)11-14(15)22)19(12)16-7-8-17(23)29-16/h5-8,11-12,19H,2-4,9-10H2,1H3,(H,25,28)/t12-,19+/m1/s1. The highest BCUT2D eigenvalue weighted by atomic mass is 35.5. The second kappa shape index (κ2) is 8.82. The molecule has 0 radical (unpaired) electrons. The fourth-order valence-corrected chi connectivity index (χ4v) is 5.56. The molecule has 2 aromatic rings. The van der Waals surface area contributed by atoms with E-state index in [9.17, 15) is 4.79 Å². The maximum absolute atomic E-state index is 13.0. The summed E-state index contributed by atoms with van der Waals surface area (Å²) in [6, 6.07) is 8.95. The number of piperidine rings is 1. The highest BCUT2D eigenvalue weighted by molar-refractivity contribution is 7.16. The van der Waals surface area contributed by atoms with E-state index in [-0.39, 0.29) is 17.9 Å². The number of nitrogens with zero attached hydrogens (tertiary/aromatic N) is 3. The number of rotatable bonds is 4. The topological polar surface area (TPSA) is 47.9 Å². The molecule has 5 nitrogen and oxygen atoms in total. The van der Waals surface area contributed by atoms with Crippen LogP contribution in [0.3, 0.4) is 0 Å². The van der Waals surface area contributed by atoms with Gasteiger partial charge in [0.25, 0.3) is 5.91 Å². The van der Waals surface area contributed by atoms with Gasteiger partial charge in [-0.25, -0.2) is 5.01 Å². The van der Waals surface area contributed by atoms with Gasteiger partial charge in [-0.15, -0.1) is 11.3 Å². The van der Waals surface area contributed by atoms with Crippen LogP contribution in [0.15, 0.2) is 35.4 Å². The van der Waals surface area contributed by atoms with Gasteiger partial charge in [-0.3, -0.25) is 15.2 Å². The smallest absolute Gasteiger partial charge is 0.282 e. The highest BCUT2D eigenvalue weighted by Gasteiger charge is 2.41. The molecular weight excluding hydrogens is 451 g/mol. The monoisotopic (exact) mass is 470 g/mol. The van der Waals surface area contributed by atoms with Gasteiger partial charge in [-0.05, 0) is 43.2 Å². The van der Waals surface area contributed by atoms with Crippen molar-refractivity contribution in [3.63, 3.8) is 0 Å². The van der Waals surface area contributed by atoms with Crippen LogP contribution in [0.2, 0.25) is 14.4 Å². The van der Waals surface area contributed by atoms with Crippen molar-refractivity contribution < 1.29 is 4.79 Å². The lowest BCUT2D eigenvalue weighted by atomic mass is 9.95. The number of carbonyl (C=O) groups is 1. The number of amides is 1. The molecule has 29 heavy (non-hydrogen) atoms. The highest BCUT2D eigenvalue weighted by Crippen LogP contribution is 2.44. The van der Waals surface area contributed by atoms with E-state index in [4.69, 9.17) is 39.9 Å². The Kier molecular flexibility index (Phi) is 6.37. The molecular formula is C20H21Cl3N4OS. The fraction of sp³-hybridized carbons (Fsp3) is 0.400. The molecule has 1 amide bonds. The summed E-state index contributed by atoms with van der Waals surface area (Å²) in [6.07, 6.45) is 3.38. The third-order valence-corrected chi connectivity index (χ3v) is 7.11. The average Bonchev–Trinajstić information content (AvgIpc) is 3.25. The molecule has 0 aliphatic carbocycles. The summed E-state index contributed by atoms with van der Waals surface area (Å²) in [5.74, 6) is -0.305. The van der Waals surface area contributed by atoms with Crippen molar-refractivity contribution in [1.82, 2.24) is 10.4 Å². The molecule has 3 heterocycles. The first kappa shape index (κ1) is 20.9. The average molecular weight is 472 g/mol. The third-order valence-electron chi connectivity index (χ3n) is 5.27. The van der Waals surface area contributed by atoms with Gasteiger partial charge < -0.3 is 0 Å². The maximum atomic E-state index is 13.0. The van der Waals surface area contributed by atoms with Crippen LogP contribution in [0.5, 0.6) is 0 Å². The van der Waals surface area contributed by atoms with Crippen molar-refractivity contribution in [2.75, 3.05) is 18.1 Å². The van der Waals surface area contributed by atoms with E-state index < -0.39 is 0 Å². The Bertz CT molecular complexity index is 942. The van der Waals surface area contributed by atoms with Crippen molar-refractivity contribution in [3.8, 4) is 0 Å². The number of hydrazine groups is 1. The van der Waals surface area contributed by atoms with Gasteiger partial charge in [0, 0.05) is 28.9 Å². The van der Waals surface area contributed by atoms with Gasteiger partial charge in [0.15, 0.2) is 0 Å². The Morgan fingerprint density at radius 1 is 1.14 bits per heavy atom. The second-order valence-electron chi connectivity index (χ2n) is 7.29. The Morgan fingerprint density at radius 2 is 1.90 bits per heavy atom. The van der Waals surface area contributed by atoms with E-state index in [1.54, 1.807) is 12.1 Å². The van der Waals surface area contributed by atoms with Gasteiger partial charge in [0.2, 0.25) is 0 Å². The summed E-state index contributed by atoms with van der Waals surface area (Å²) in [7, 11) is 0. The third kappa shape index (κ3) is 4.42. The molecule has 9 heteroatoms. The number of benzene rings is 1. The molecule has 1 aromatic heterocycles. The minimum atomic E-state index is -0.173. The Morgan fingerprint density at radius 3 is 2.55 bits per heavy atom. The zero-order valence-corrected chi connectivity index (χ0v) is 19.0. The van der Waals surface area contributed by atoms with Crippen LogP contribution in [-0.4, -0.2) is 29.7 Å². The number of hydrogen-bond acceptors (Lipinski definition) is 5. The maximum Gasteiger partial charge on any atom is 0.282 e. The lowest BCUT2D eigenvalue weighted by molar-refractivity contribution is -0.120. The van der Waals surface area contributed by atoms with Crippen LogP contribution < -0.4 is 10.4 Å². The summed E-state index contributed by atoms with van der Waals surface area (Å²) in [5.41, 5.74) is 4.21. The molecule has 154 valence electrons. The summed E-state index contributed by atoms with van der Waals surface area (Å²) < 4.78 is 0.695. The molecule has 0 spiro atoms. The number of nitrogens with one attached hydrogen (secondary N) is 1. The summed E-state index contributed by atoms with van der Waals surface area (Å²) in [4.78, 5) is 14.1. The lowest BCUT2D eigenvalue weighted by Crippen LogP contribution is -2.48. The number of halogens is 3. The zero-order chi connectivity index (χ0) is 20.5. The second-order valence-corrected chi connectivity index (χ2v) is 9.88. The van der Waals surface area contributed by atoms with Crippen molar-refractivity contribution >= 4 is 63.4 Å². The van der Waals surface area contributed by atoms with E-state index in [1.165, 1.54) is 17.8 Å². The van der Waals surface area contributed by atoms with Gasteiger partial charge >= 0.3 is 0 Å². The predicted octanol–water partition coefficient (Wildman–Crippen LogP) is 5.78. The minimum absolute atomic E-state index is 0.138. The predicted molar refractivity (Wildman–Crippen MR) is 121 cm³/mol. The SMILES string of the molecule is C[C@@H]1C(C(=O)NN2CCCCC2)=NN(c2ccc(Cl)cc2Cl)[C@@H]1c1ccc(Cl)s1. The largest absolute Gasteiger partial charge is 0.284 e. The first-order valence-electron chi connectivity index (χ1n) is 9.58. The summed E-state index contributed by atoms with van der Waals surface area (Å²) in [6.45, 7) is 3.74. The molecule has 2 aliphatic heterocycles. The van der Waals surface area contributed by atoms with Crippen LogP contribution >= 0.6 is 46.1 Å². The first-order chi connectivity index (χ1) is 13.9. The van der Waals surface area contributed by atoms with E-state index >= 15 is 0 Å². The molecule has 0 saturated carbocycles. The zero-order valence-electron chi connectivity index (χ0n) is 15.9. The quantitative estimate of drug-likeness (QED) is 0.615. The lowest BCUT2D eigenvalue weighted by Gasteiger charge is -2.27. The minimum Gasteiger partial charge on any atom is -0.284 e. The molecule has 1 N–H and O–H groups in total. The first-order valence-corrected chi connectivity index (χ1v) is 11.5. The Hall–Kier alpha value is -1.31. The molecule has 1 aromatic carbocycles. The van der Waals surface area contributed by atoms with Crippen LogP contribution in [0.4, 0.5) is 5.69 Å². The summed E-state index contributed by atoms with van der Waals surface area (Å²) >= 11 is 20.2. The molecule has 0 bridgehead atoms. The van der Waals surface area contributed by atoms with Crippen LogP contribution in [0.25, 0.3) is 0 Å². The van der Waals surface area contributed by atoms with Crippen molar-refractivity contribution in [3.05, 3.63) is 49.6 Å². The van der Waals surface area contributed by atoms with Crippen molar-refractivity contribution in [2.45, 2.75) is 32.2 Å². The van der Waals surface area contributed by atoms with Gasteiger partial charge in [0.05, 0.1) is 21.1 Å². The fourth-order valence-electron chi connectivity index (χ4n) is 3.81. The van der Waals surface area contributed by atoms with E-state index in [2.05, 4.69) is 5.43 Å². The normalized spacial score (nSPS) is 22.6. The molecule has 2 atom stereocenters. The number of hydrazone groups is 1. The molecule has 0 unspecified atom stereocenters. The molecule has 1 saturated heterocycles. The number of anilines is 1. The number of carbonyl (C=O) groups excluding carboxylic acids is 1. The van der Waals surface area contributed by atoms with E-state index in [0.29, 0.717) is 25.8 Å². The van der Waals surface area contributed by atoms with Crippen molar-refractivity contribution in [2.24, 2.45) is 11.0 Å². The van der Waals surface area contributed by atoms with Crippen molar-refractivity contribution in [1.29, 1.82) is 0 Å². The van der Waals surface area contributed by atoms with Crippen LogP contribution in [0.1, 0.15) is 37.1 Å². The van der Waals surface area contributed by atoms with Gasteiger partial charge in [-0.2, -0.15) is 5.10 Å². The van der Waals surface area contributed by atoms with Gasteiger partial charge in [0.1, 0.15) is 5.71 Å². The molecule has 2 aliphatic rings. The summed E-state index contributed by atoms with van der Waals surface area (Å²) in [5, 5.41) is 9.54. The Labute approximate surface area is 189 Å².